The Labute approximate surface area is 210 Å². The Morgan fingerprint density at radius 3 is 2.77 bits per heavy atom. The molecule has 2 aromatic carbocycles. The van der Waals surface area contributed by atoms with Gasteiger partial charge in [-0.15, -0.1) is 0 Å². The SMILES string of the molecule is CCCCNC(=O)c1ccccc1NC(=O)C1CCCN(Cc2nc(-c3ccc(Cl)cc3)no2)C1. The molecule has 2 amide bonds. The highest BCUT2D eigenvalue weighted by Crippen LogP contribution is 2.23. The molecule has 35 heavy (non-hydrogen) atoms. The molecule has 1 unspecified atom stereocenters. The van der Waals surface area contributed by atoms with E-state index in [4.69, 9.17) is 16.1 Å². The number of para-hydroxylation sites is 1. The van der Waals surface area contributed by atoms with Crippen molar-refractivity contribution in [1.82, 2.24) is 20.4 Å². The molecule has 1 fully saturated rings. The van der Waals surface area contributed by atoms with Crippen LogP contribution in [0.5, 0.6) is 0 Å². The van der Waals surface area contributed by atoms with Crippen LogP contribution in [0.2, 0.25) is 5.02 Å². The standard InChI is InChI=1S/C26H30ClN5O3/c1-2-3-14-28-26(34)21-8-4-5-9-22(21)29-25(33)19-7-6-15-32(16-19)17-23-30-24(31-35-23)18-10-12-20(27)13-11-18/h4-5,8-13,19H,2-3,6-7,14-17H2,1H3,(H,28,34)(H,29,33). The van der Waals surface area contributed by atoms with Crippen molar-refractivity contribution in [2.75, 3.05) is 25.0 Å². The number of amides is 2. The predicted octanol–water partition coefficient (Wildman–Crippen LogP) is 4.77. The minimum absolute atomic E-state index is 0.0871. The average molecular weight is 496 g/mol. The fourth-order valence-corrected chi connectivity index (χ4v) is 4.26. The van der Waals surface area contributed by atoms with Gasteiger partial charge in [0.2, 0.25) is 17.6 Å². The first-order valence-electron chi connectivity index (χ1n) is 12.0. The summed E-state index contributed by atoms with van der Waals surface area (Å²) in [6, 6.07) is 14.4. The predicted molar refractivity (Wildman–Crippen MR) is 135 cm³/mol. The van der Waals surface area contributed by atoms with Crippen LogP contribution in [-0.4, -0.2) is 46.5 Å². The molecule has 1 saturated heterocycles. The third-order valence-electron chi connectivity index (χ3n) is 6.05. The lowest BCUT2D eigenvalue weighted by Crippen LogP contribution is -2.40. The van der Waals surface area contributed by atoms with Gasteiger partial charge < -0.3 is 15.2 Å². The van der Waals surface area contributed by atoms with Gasteiger partial charge in [-0.05, 0) is 62.2 Å². The fraction of sp³-hybridized carbons (Fsp3) is 0.385. The van der Waals surface area contributed by atoms with E-state index in [1.807, 2.05) is 18.2 Å². The molecular formula is C26H30ClN5O3. The van der Waals surface area contributed by atoms with E-state index in [9.17, 15) is 9.59 Å². The topological polar surface area (TPSA) is 100 Å². The van der Waals surface area contributed by atoms with Crippen LogP contribution in [-0.2, 0) is 11.3 Å². The van der Waals surface area contributed by atoms with Gasteiger partial charge in [-0.3, -0.25) is 14.5 Å². The molecule has 1 aliphatic heterocycles. The van der Waals surface area contributed by atoms with E-state index < -0.39 is 0 Å². The second-order valence-corrected chi connectivity index (χ2v) is 9.17. The largest absolute Gasteiger partial charge is 0.352 e. The number of carbonyl (C=O) groups excluding carboxylic acids is 2. The van der Waals surface area contributed by atoms with Crippen molar-refractivity contribution in [3.8, 4) is 11.4 Å². The average Bonchev–Trinajstić information content (AvgIpc) is 3.33. The van der Waals surface area contributed by atoms with Gasteiger partial charge in [-0.2, -0.15) is 4.98 Å². The van der Waals surface area contributed by atoms with E-state index in [1.165, 1.54) is 0 Å². The van der Waals surface area contributed by atoms with Crippen LogP contribution < -0.4 is 10.6 Å². The second-order valence-electron chi connectivity index (χ2n) is 8.74. The van der Waals surface area contributed by atoms with E-state index in [0.29, 0.717) is 47.6 Å². The van der Waals surface area contributed by atoms with E-state index in [0.717, 1.165) is 37.8 Å². The van der Waals surface area contributed by atoms with Crippen molar-refractivity contribution < 1.29 is 14.1 Å². The fourth-order valence-electron chi connectivity index (χ4n) is 4.14. The molecule has 3 aromatic rings. The summed E-state index contributed by atoms with van der Waals surface area (Å²) in [7, 11) is 0. The number of benzene rings is 2. The summed E-state index contributed by atoms with van der Waals surface area (Å²) in [6.07, 6.45) is 3.59. The Kier molecular flexibility index (Phi) is 8.50. The molecule has 1 atom stereocenters. The number of anilines is 1. The highest BCUT2D eigenvalue weighted by atomic mass is 35.5. The summed E-state index contributed by atoms with van der Waals surface area (Å²) < 4.78 is 5.45. The molecule has 2 heterocycles. The summed E-state index contributed by atoms with van der Waals surface area (Å²) in [5.74, 6) is 0.559. The lowest BCUT2D eigenvalue weighted by Gasteiger charge is -2.31. The quantitative estimate of drug-likeness (QED) is 0.415. The van der Waals surface area contributed by atoms with Crippen molar-refractivity contribution in [3.05, 3.63) is 65.0 Å². The number of nitrogens with zero attached hydrogens (tertiary/aromatic N) is 3. The Bertz CT molecular complexity index is 1150. The minimum Gasteiger partial charge on any atom is -0.352 e. The Morgan fingerprint density at radius 1 is 1.17 bits per heavy atom. The molecule has 1 aromatic heterocycles. The first kappa shape index (κ1) is 24.9. The number of halogens is 1. The summed E-state index contributed by atoms with van der Waals surface area (Å²) in [4.78, 5) is 32.3. The van der Waals surface area contributed by atoms with Crippen LogP contribution in [0.3, 0.4) is 0 Å². The van der Waals surface area contributed by atoms with Crippen molar-refractivity contribution >= 4 is 29.1 Å². The lowest BCUT2D eigenvalue weighted by molar-refractivity contribution is -0.121. The Hall–Kier alpha value is -3.23. The number of likely N-dealkylation sites (tertiary alicyclic amines) is 1. The summed E-state index contributed by atoms with van der Waals surface area (Å²) in [6.45, 7) is 4.59. The molecular weight excluding hydrogens is 466 g/mol. The Balaban J connectivity index is 1.35. The maximum atomic E-state index is 13.1. The van der Waals surface area contributed by atoms with Gasteiger partial charge in [0, 0.05) is 23.7 Å². The van der Waals surface area contributed by atoms with Crippen LogP contribution >= 0.6 is 11.6 Å². The monoisotopic (exact) mass is 495 g/mol. The normalized spacial score (nSPS) is 16.1. The summed E-state index contributed by atoms with van der Waals surface area (Å²) in [5.41, 5.74) is 1.84. The number of aromatic nitrogens is 2. The molecule has 0 radical (unpaired) electrons. The van der Waals surface area contributed by atoms with Crippen LogP contribution in [0.1, 0.15) is 48.9 Å². The van der Waals surface area contributed by atoms with Gasteiger partial charge in [-0.1, -0.05) is 42.2 Å². The molecule has 8 nitrogen and oxygen atoms in total. The van der Waals surface area contributed by atoms with Crippen LogP contribution in [0, 0.1) is 5.92 Å². The lowest BCUT2D eigenvalue weighted by atomic mass is 9.96. The molecule has 4 rings (SSSR count). The smallest absolute Gasteiger partial charge is 0.253 e. The first-order chi connectivity index (χ1) is 17.0. The molecule has 0 aliphatic carbocycles. The third-order valence-corrected chi connectivity index (χ3v) is 6.30. The zero-order valence-corrected chi connectivity index (χ0v) is 20.6. The number of piperidine rings is 1. The van der Waals surface area contributed by atoms with Gasteiger partial charge in [0.25, 0.3) is 5.91 Å². The maximum absolute atomic E-state index is 13.1. The van der Waals surface area contributed by atoms with E-state index in [-0.39, 0.29) is 17.7 Å². The summed E-state index contributed by atoms with van der Waals surface area (Å²) >= 11 is 5.95. The van der Waals surface area contributed by atoms with Crippen molar-refractivity contribution in [2.24, 2.45) is 5.92 Å². The van der Waals surface area contributed by atoms with Gasteiger partial charge in [-0.25, -0.2) is 0 Å². The highest BCUT2D eigenvalue weighted by Gasteiger charge is 2.28. The zero-order valence-electron chi connectivity index (χ0n) is 19.8. The van der Waals surface area contributed by atoms with Crippen LogP contribution in [0.4, 0.5) is 5.69 Å². The molecule has 9 heteroatoms. The molecule has 0 spiro atoms. The Morgan fingerprint density at radius 2 is 1.97 bits per heavy atom. The first-order valence-corrected chi connectivity index (χ1v) is 12.4. The van der Waals surface area contributed by atoms with Crippen LogP contribution in [0.15, 0.2) is 53.1 Å². The van der Waals surface area contributed by atoms with Crippen molar-refractivity contribution in [2.45, 2.75) is 39.2 Å². The summed E-state index contributed by atoms with van der Waals surface area (Å²) in [5, 5.41) is 10.6. The van der Waals surface area contributed by atoms with Gasteiger partial charge in [0.05, 0.1) is 23.7 Å². The number of hydrogen-bond donors (Lipinski definition) is 2. The highest BCUT2D eigenvalue weighted by molar-refractivity contribution is 6.30. The molecule has 184 valence electrons. The molecule has 1 aliphatic rings. The van der Waals surface area contributed by atoms with E-state index in [2.05, 4.69) is 32.6 Å². The van der Waals surface area contributed by atoms with E-state index >= 15 is 0 Å². The molecule has 0 bridgehead atoms. The third kappa shape index (κ3) is 6.68. The molecule has 0 saturated carbocycles. The van der Waals surface area contributed by atoms with Crippen LogP contribution in [0.25, 0.3) is 11.4 Å². The zero-order chi connectivity index (χ0) is 24.6. The van der Waals surface area contributed by atoms with Gasteiger partial charge in [0.1, 0.15) is 0 Å². The second kappa shape index (κ2) is 12.0. The maximum Gasteiger partial charge on any atom is 0.253 e. The van der Waals surface area contributed by atoms with Crippen molar-refractivity contribution in [3.63, 3.8) is 0 Å². The number of carbonyl (C=O) groups is 2. The van der Waals surface area contributed by atoms with Crippen molar-refractivity contribution in [1.29, 1.82) is 0 Å². The van der Waals surface area contributed by atoms with Gasteiger partial charge >= 0.3 is 0 Å². The number of nitrogens with one attached hydrogen (secondary N) is 2. The van der Waals surface area contributed by atoms with Gasteiger partial charge in [0.15, 0.2) is 0 Å². The number of hydrogen-bond acceptors (Lipinski definition) is 6. The molecule has 2 N–H and O–H groups in total. The van der Waals surface area contributed by atoms with E-state index in [1.54, 1.807) is 30.3 Å². The minimum atomic E-state index is -0.196. The number of unbranched alkanes of at least 4 members (excludes halogenated alkanes) is 1. The number of rotatable bonds is 9.